The molecule has 3 heterocycles. The third-order valence-electron chi connectivity index (χ3n) is 14.3. The highest BCUT2D eigenvalue weighted by molar-refractivity contribution is 5.73. The number of rotatable bonds is 29. The molecule has 0 saturated carbocycles. The van der Waals surface area contributed by atoms with Crippen LogP contribution in [0.15, 0.2) is 195 Å². The third kappa shape index (κ3) is 17.0. The molecular weight excluding hydrogens is 1050 g/mol. The molecule has 0 bridgehead atoms. The second-order valence-corrected chi connectivity index (χ2v) is 20.4. The number of carbonyl (C=O) groups is 1. The fourth-order valence-electron chi connectivity index (χ4n) is 10.2. The minimum absolute atomic E-state index is 0.00856. The predicted octanol–water partition coefficient (Wildman–Crippen LogP) is 7.13. The Morgan fingerprint density at radius 1 is 0.451 bits per heavy atom. The number of aliphatic hydroxyl groups is 3. The van der Waals surface area contributed by atoms with Crippen molar-refractivity contribution in [1.29, 1.82) is 0 Å². The van der Waals surface area contributed by atoms with Crippen LogP contribution in [0.2, 0.25) is 0 Å². The van der Waals surface area contributed by atoms with Gasteiger partial charge in [0.05, 0.1) is 66.1 Å². The van der Waals surface area contributed by atoms with E-state index in [4.69, 9.17) is 56.8 Å². The Labute approximate surface area is 479 Å². The maximum atomic E-state index is 13.5. The van der Waals surface area contributed by atoms with Crippen molar-refractivity contribution in [3.8, 4) is 0 Å². The van der Waals surface area contributed by atoms with Crippen LogP contribution in [-0.2, 0) is 101 Å². The van der Waals surface area contributed by atoms with Crippen molar-refractivity contribution in [2.45, 2.75) is 139 Å². The summed E-state index contributed by atoms with van der Waals surface area (Å²) in [5.41, 5.74) is 5.26. The number of aliphatic hydroxyl groups excluding tert-OH is 3. The first-order valence-corrected chi connectivity index (χ1v) is 27.8. The van der Waals surface area contributed by atoms with Gasteiger partial charge in [0, 0.05) is 6.92 Å². The van der Waals surface area contributed by atoms with E-state index in [9.17, 15) is 20.1 Å². The summed E-state index contributed by atoms with van der Waals surface area (Å²) in [6.45, 7) is 5.42. The summed E-state index contributed by atoms with van der Waals surface area (Å²) in [6.07, 6.45) is -15.7. The first kappa shape index (κ1) is 60.5. The molecule has 17 heteroatoms. The van der Waals surface area contributed by atoms with Crippen LogP contribution in [0.5, 0.6) is 0 Å². The Balaban J connectivity index is 1.06. The van der Waals surface area contributed by atoms with Gasteiger partial charge >= 0.3 is 0 Å². The number of ether oxygens (including phenoxy) is 12. The van der Waals surface area contributed by atoms with Gasteiger partial charge in [-0.05, 0) is 33.4 Å². The van der Waals surface area contributed by atoms with Crippen molar-refractivity contribution >= 4 is 5.91 Å². The Hall–Kier alpha value is -6.07. The Morgan fingerprint density at radius 3 is 1.23 bits per heavy atom. The molecule has 6 aromatic rings. The lowest BCUT2D eigenvalue weighted by Gasteiger charge is -2.51. The van der Waals surface area contributed by atoms with E-state index in [0.29, 0.717) is 0 Å². The summed E-state index contributed by atoms with van der Waals surface area (Å²) in [5.74, 6) is -0.540. The van der Waals surface area contributed by atoms with Crippen molar-refractivity contribution in [3.05, 3.63) is 228 Å². The van der Waals surface area contributed by atoms with E-state index in [-0.39, 0.29) is 59.5 Å². The summed E-state index contributed by atoms with van der Waals surface area (Å²) in [4.78, 5) is 13.5. The van der Waals surface area contributed by atoms with E-state index < -0.39 is 105 Å². The van der Waals surface area contributed by atoms with Crippen LogP contribution in [0.25, 0.3) is 0 Å². The van der Waals surface area contributed by atoms with Crippen LogP contribution in [-0.4, -0.2) is 140 Å². The molecule has 9 rings (SSSR count). The average Bonchev–Trinajstić information content (AvgIpc) is 3.54. The molecule has 82 heavy (non-hydrogen) atoms. The van der Waals surface area contributed by atoms with Crippen LogP contribution < -0.4 is 5.32 Å². The molecule has 15 atom stereocenters. The van der Waals surface area contributed by atoms with Crippen molar-refractivity contribution in [2.75, 3.05) is 26.4 Å². The van der Waals surface area contributed by atoms with Crippen molar-refractivity contribution in [2.24, 2.45) is 0 Å². The van der Waals surface area contributed by atoms with Crippen LogP contribution in [0, 0.1) is 0 Å². The van der Waals surface area contributed by atoms with Crippen molar-refractivity contribution in [3.63, 3.8) is 0 Å². The van der Waals surface area contributed by atoms with Gasteiger partial charge in [0.15, 0.2) is 18.9 Å². The summed E-state index contributed by atoms with van der Waals surface area (Å²) >= 11 is 0. The predicted molar refractivity (Wildman–Crippen MR) is 301 cm³/mol. The molecule has 6 aromatic carbocycles. The van der Waals surface area contributed by atoms with E-state index in [0.717, 1.165) is 33.4 Å². The molecule has 17 nitrogen and oxygen atoms in total. The SMILES string of the molecule is C=CCO[C@H]1O[C@H](COCc2ccccc2)[C@H](OCc2ccccc2)[C@H](O[C@@H]2O[C@H](CO)[C@H](O)[C@H](O[C@@H]3O[C@H](COCc4ccccc4)[C@H](OCc4ccccc4)[C@H](OCc4ccccc4)[C@H]3O)[C@H]2NC(C)=O)[C@H]1OCc1ccccc1. The maximum absolute atomic E-state index is 13.5. The standard InChI is InChI=1S/C65H75NO16/c1-3-34-73-65-62(77-41-50-32-20-9-21-33-50)61(58(75-39-48-28-16-7-17-29-48)53(80-65)43-72-37-46-24-12-5-13-25-46)82-63-54(66-44(2)68)59(55(69)51(35-67)78-63)81-64-56(70)60(76-40-49-30-18-8-19-31-49)57(74-38-47-26-14-6-15-27-47)52(79-64)42-71-36-45-22-10-4-11-23-45/h3-33,51-65,67,69-70H,1,34-43H2,2H3,(H,66,68)/t51-,52-,53-,54-,55+,56-,57+,58+,59-,60-,61+,62-,63+,64+,65+/m1/s1. The highest BCUT2D eigenvalue weighted by Gasteiger charge is 2.56. The second-order valence-electron chi connectivity index (χ2n) is 20.4. The van der Waals surface area contributed by atoms with Crippen LogP contribution >= 0.6 is 0 Å². The number of nitrogens with one attached hydrogen (secondary N) is 1. The first-order chi connectivity index (χ1) is 40.2. The molecule has 0 aliphatic carbocycles. The van der Waals surface area contributed by atoms with Crippen LogP contribution in [0.1, 0.15) is 40.3 Å². The monoisotopic (exact) mass is 1130 g/mol. The Morgan fingerprint density at radius 2 is 0.817 bits per heavy atom. The summed E-state index contributed by atoms with van der Waals surface area (Å²) in [7, 11) is 0. The van der Waals surface area contributed by atoms with E-state index in [1.807, 2.05) is 182 Å². The molecule has 0 aromatic heterocycles. The molecule has 0 radical (unpaired) electrons. The fourth-order valence-corrected chi connectivity index (χ4v) is 10.2. The normalized spacial score (nSPS) is 28.3. The Kier molecular flexibility index (Phi) is 23.3. The van der Waals surface area contributed by atoms with Gasteiger partial charge in [-0.2, -0.15) is 0 Å². The smallest absolute Gasteiger partial charge is 0.217 e. The zero-order chi connectivity index (χ0) is 56.9. The number of amides is 1. The molecule has 3 saturated heterocycles. The summed E-state index contributed by atoms with van der Waals surface area (Å²) in [5, 5.41) is 38.9. The van der Waals surface area contributed by atoms with Gasteiger partial charge < -0.3 is 77.5 Å². The van der Waals surface area contributed by atoms with Crippen molar-refractivity contribution < 1.29 is 77.0 Å². The molecule has 3 fully saturated rings. The topological polar surface area (TPSA) is 201 Å². The molecular formula is C65H75NO16. The third-order valence-corrected chi connectivity index (χ3v) is 14.3. The molecule has 0 unspecified atom stereocenters. The number of hydrogen-bond donors (Lipinski definition) is 4. The van der Waals surface area contributed by atoms with Gasteiger partial charge in [-0.3, -0.25) is 4.79 Å². The highest BCUT2D eigenvalue weighted by atomic mass is 16.8. The zero-order valence-corrected chi connectivity index (χ0v) is 46.0. The van der Waals surface area contributed by atoms with Crippen molar-refractivity contribution in [1.82, 2.24) is 5.32 Å². The van der Waals surface area contributed by atoms with E-state index in [1.165, 1.54) is 6.92 Å². The number of carbonyl (C=O) groups excluding carboxylic acids is 1. The van der Waals surface area contributed by atoms with E-state index in [1.54, 1.807) is 6.08 Å². The van der Waals surface area contributed by atoms with Gasteiger partial charge in [-0.25, -0.2) is 0 Å². The zero-order valence-electron chi connectivity index (χ0n) is 46.0. The lowest BCUT2D eigenvalue weighted by atomic mass is 9.94. The second kappa shape index (κ2) is 31.6. The summed E-state index contributed by atoms with van der Waals surface area (Å²) in [6, 6.07) is 56.3. The number of benzene rings is 6. The molecule has 436 valence electrons. The van der Waals surface area contributed by atoms with Gasteiger partial charge in [0.1, 0.15) is 73.2 Å². The highest BCUT2D eigenvalue weighted by Crippen LogP contribution is 2.37. The minimum atomic E-state index is -1.64. The van der Waals surface area contributed by atoms with Crippen LogP contribution in [0.3, 0.4) is 0 Å². The fraction of sp³-hybridized carbons (Fsp3) is 0.400. The van der Waals surface area contributed by atoms with Gasteiger partial charge in [0.2, 0.25) is 5.91 Å². The van der Waals surface area contributed by atoms with E-state index >= 15 is 0 Å². The molecule has 4 N–H and O–H groups in total. The lowest BCUT2D eigenvalue weighted by Crippen LogP contribution is -2.70. The molecule has 3 aliphatic heterocycles. The van der Waals surface area contributed by atoms with Gasteiger partial charge in [-0.15, -0.1) is 6.58 Å². The van der Waals surface area contributed by atoms with Gasteiger partial charge in [0.25, 0.3) is 0 Å². The van der Waals surface area contributed by atoms with E-state index in [2.05, 4.69) is 11.9 Å². The molecule has 3 aliphatic rings. The maximum Gasteiger partial charge on any atom is 0.217 e. The molecule has 0 spiro atoms. The van der Waals surface area contributed by atoms with Crippen LogP contribution in [0.4, 0.5) is 0 Å². The minimum Gasteiger partial charge on any atom is -0.394 e. The average molecular weight is 1130 g/mol. The lowest BCUT2D eigenvalue weighted by molar-refractivity contribution is -0.374. The quantitative estimate of drug-likeness (QED) is 0.0346. The first-order valence-electron chi connectivity index (χ1n) is 27.8. The largest absolute Gasteiger partial charge is 0.394 e. The Bertz CT molecular complexity index is 2760. The van der Waals surface area contributed by atoms with Gasteiger partial charge in [-0.1, -0.05) is 188 Å². The molecule has 1 amide bonds. The number of hydrogen-bond acceptors (Lipinski definition) is 16. The summed E-state index contributed by atoms with van der Waals surface area (Å²) < 4.78 is 80.1.